The van der Waals surface area contributed by atoms with Gasteiger partial charge in [0.25, 0.3) is 0 Å². The number of hydrogen-bond acceptors (Lipinski definition) is 5. The first-order valence-electron chi connectivity index (χ1n) is 9.23. The molecule has 2 aromatic heterocycles. The summed E-state index contributed by atoms with van der Waals surface area (Å²) in [5.41, 5.74) is 2.06. The third-order valence-corrected chi connectivity index (χ3v) is 4.63. The van der Waals surface area contributed by atoms with Gasteiger partial charge in [-0.2, -0.15) is 8.78 Å². The second-order valence-corrected chi connectivity index (χ2v) is 7.29. The van der Waals surface area contributed by atoms with Crippen LogP contribution in [0.4, 0.5) is 8.78 Å². The smallest absolute Gasteiger partial charge is 0.335 e. The predicted molar refractivity (Wildman–Crippen MR) is 105 cm³/mol. The zero-order chi connectivity index (χ0) is 21.6. The number of benzene rings is 2. The van der Waals surface area contributed by atoms with E-state index in [4.69, 9.17) is 9.52 Å². The fourth-order valence-corrected chi connectivity index (χ4v) is 3.31. The highest BCUT2D eigenvalue weighted by Gasteiger charge is 2.32. The quantitative estimate of drug-likeness (QED) is 0.488. The number of rotatable bonds is 5. The minimum absolute atomic E-state index is 0.0981. The number of hydrogen-bond donors (Lipinski definition) is 1. The first-order chi connectivity index (χ1) is 14.1. The molecule has 154 valence electrons. The summed E-state index contributed by atoms with van der Waals surface area (Å²) in [5.74, 6) is -4.12. The lowest BCUT2D eigenvalue weighted by atomic mass is 10.1. The minimum atomic E-state index is -3.09. The Morgan fingerprint density at radius 1 is 1.10 bits per heavy atom. The fraction of sp³-hybridized carbons (Fsp3) is 0.238. The van der Waals surface area contributed by atoms with E-state index in [0.29, 0.717) is 22.2 Å². The number of carbonyl (C=O) groups is 1. The topological polar surface area (TPSA) is 94.0 Å². The molecule has 7 nitrogen and oxygen atoms in total. The van der Waals surface area contributed by atoms with Gasteiger partial charge in [-0.1, -0.05) is 6.07 Å². The first kappa shape index (κ1) is 19.7. The van der Waals surface area contributed by atoms with Gasteiger partial charge in [0.15, 0.2) is 5.82 Å². The molecule has 0 saturated carbocycles. The van der Waals surface area contributed by atoms with E-state index in [1.165, 1.54) is 16.7 Å². The SMILES string of the molecule is CC(C)n1c(C(C)(F)F)nc2cc(-c3nnc(-c4cccc(C(=O)O)c4)o3)ccc21. The van der Waals surface area contributed by atoms with E-state index in [1.54, 1.807) is 30.3 Å². The number of fused-ring (bicyclic) bond motifs is 1. The summed E-state index contributed by atoms with van der Waals surface area (Å²) >= 11 is 0. The van der Waals surface area contributed by atoms with Gasteiger partial charge in [-0.05, 0) is 50.2 Å². The van der Waals surface area contributed by atoms with Gasteiger partial charge in [0.2, 0.25) is 11.8 Å². The van der Waals surface area contributed by atoms with Crippen LogP contribution in [-0.4, -0.2) is 30.8 Å². The van der Waals surface area contributed by atoms with Crippen molar-refractivity contribution < 1.29 is 23.1 Å². The van der Waals surface area contributed by atoms with Gasteiger partial charge in [0, 0.05) is 24.1 Å². The van der Waals surface area contributed by atoms with Crippen molar-refractivity contribution in [3.63, 3.8) is 0 Å². The Morgan fingerprint density at radius 2 is 1.77 bits per heavy atom. The summed E-state index contributed by atoms with van der Waals surface area (Å²) in [7, 11) is 0. The van der Waals surface area contributed by atoms with Gasteiger partial charge in [-0.3, -0.25) is 0 Å². The van der Waals surface area contributed by atoms with E-state index in [1.807, 2.05) is 13.8 Å². The number of alkyl halides is 2. The molecule has 0 bridgehead atoms. The summed E-state index contributed by atoms with van der Waals surface area (Å²) in [6.45, 7) is 4.46. The second-order valence-electron chi connectivity index (χ2n) is 7.29. The summed E-state index contributed by atoms with van der Waals surface area (Å²) in [5, 5.41) is 17.1. The number of imidazole rings is 1. The van der Waals surface area contributed by atoms with Gasteiger partial charge in [0.1, 0.15) is 0 Å². The number of aromatic carboxylic acids is 1. The molecule has 1 N–H and O–H groups in total. The van der Waals surface area contributed by atoms with E-state index in [-0.39, 0.29) is 29.2 Å². The molecule has 4 rings (SSSR count). The van der Waals surface area contributed by atoms with E-state index in [9.17, 15) is 13.6 Å². The normalized spacial score (nSPS) is 12.1. The van der Waals surface area contributed by atoms with E-state index in [2.05, 4.69) is 15.2 Å². The molecule has 0 aliphatic carbocycles. The molecule has 0 unspecified atom stereocenters. The Kier molecular flexibility index (Phi) is 4.60. The average Bonchev–Trinajstić information content (AvgIpc) is 3.32. The van der Waals surface area contributed by atoms with Crippen molar-refractivity contribution in [3.05, 3.63) is 53.9 Å². The van der Waals surface area contributed by atoms with E-state index >= 15 is 0 Å². The van der Waals surface area contributed by atoms with Gasteiger partial charge in [0.05, 0.1) is 16.6 Å². The van der Waals surface area contributed by atoms with Crippen LogP contribution in [0.1, 0.15) is 43.0 Å². The molecule has 0 radical (unpaired) electrons. The molecule has 0 aliphatic rings. The van der Waals surface area contributed by atoms with Crippen molar-refractivity contribution in [2.24, 2.45) is 0 Å². The van der Waals surface area contributed by atoms with Crippen LogP contribution in [0.15, 0.2) is 46.9 Å². The minimum Gasteiger partial charge on any atom is -0.478 e. The zero-order valence-electron chi connectivity index (χ0n) is 16.4. The van der Waals surface area contributed by atoms with Gasteiger partial charge < -0.3 is 14.1 Å². The van der Waals surface area contributed by atoms with Crippen LogP contribution < -0.4 is 0 Å². The third-order valence-electron chi connectivity index (χ3n) is 4.63. The maximum Gasteiger partial charge on any atom is 0.335 e. The lowest BCUT2D eigenvalue weighted by Gasteiger charge is -2.16. The Morgan fingerprint density at radius 3 is 2.37 bits per heavy atom. The standard InChI is InChI=1S/C21H18F2N4O3/c1-11(2)27-16-8-7-13(10-15(16)24-20(27)21(3,22)23)18-26-25-17(30-18)12-5-4-6-14(9-12)19(28)29/h4-11H,1-3H3,(H,28,29). The lowest BCUT2D eigenvalue weighted by Crippen LogP contribution is -2.17. The highest BCUT2D eigenvalue weighted by Crippen LogP contribution is 2.34. The summed E-state index contributed by atoms with van der Waals surface area (Å²) in [6.07, 6.45) is 0. The fourth-order valence-electron chi connectivity index (χ4n) is 3.31. The molecule has 4 aromatic rings. The van der Waals surface area contributed by atoms with Crippen LogP contribution in [0.25, 0.3) is 33.9 Å². The van der Waals surface area contributed by atoms with Crippen LogP contribution in [-0.2, 0) is 5.92 Å². The Labute approximate surface area is 170 Å². The summed E-state index contributed by atoms with van der Waals surface area (Å²) in [4.78, 5) is 15.3. The second kappa shape index (κ2) is 7.01. The molecule has 30 heavy (non-hydrogen) atoms. The largest absolute Gasteiger partial charge is 0.478 e. The number of nitrogens with zero attached hydrogens (tertiary/aromatic N) is 4. The maximum absolute atomic E-state index is 14.1. The molecule has 0 atom stereocenters. The Bertz CT molecular complexity index is 1250. The average molecular weight is 412 g/mol. The van der Waals surface area contributed by atoms with Gasteiger partial charge >= 0.3 is 11.9 Å². The molecule has 2 aromatic carbocycles. The molecule has 0 saturated heterocycles. The van der Waals surface area contributed by atoms with Crippen molar-refractivity contribution in [2.45, 2.75) is 32.7 Å². The number of carboxylic acids is 1. The van der Waals surface area contributed by atoms with Gasteiger partial charge in [-0.25, -0.2) is 9.78 Å². The number of halogens is 2. The molecule has 0 aliphatic heterocycles. The monoisotopic (exact) mass is 412 g/mol. The lowest BCUT2D eigenvalue weighted by molar-refractivity contribution is 0.00367. The molecular weight excluding hydrogens is 394 g/mol. The van der Waals surface area contributed by atoms with Crippen LogP contribution in [0, 0.1) is 0 Å². The highest BCUT2D eigenvalue weighted by atomic mass is 19.3. The van der Waals surface area contributed by atoms with E-state index in [0.717, 1.165) is 6.92 Å². The maximum atomic E-state index is 14.1. The summed E-state index contributed by atoms with van der Waals surface area (Å²) < 4.78 is 35.3. The molecule has 2 heterocycles. The summed E-state index contributed by atoms with van der Waals surface area (Å²) in [6, 6.07) is 11.0. The van der Waals surface area contributed by atoms with E-state index < -0.39 is 11.9 Å². The molecule has 0 amide bonds. The molecule has 9 heteroatoms. The number of aromatic nitrogens is 4. The van der Waals surface area contributed by atoms with Gasteiger partial charge in [-0.15, -0.1) is 10.2 Å². The molecule has 0 spiro atoms. The number of carboxylic acid groups (broad SMARTS) is 1. The van der Waals surface area contributed by atoms with Crippen molar-refractivity contribution in [3.8, 4) is 22.9 Å². The van der Waals surface area contributed by atoms with Crippen molar-refractivity contribution in [2.75, 3.05) is 0 Å². The van der Waals surface area contributed by atoms with Crippen LogP contribution in [0.5, 0.6) is 0 Å². The van der Waals surface area contributed by atoms with Crippen molar-refractivity contribution in [1.29, 1.82) is 0 Å². The third kappa shape index (κ3) is 3.42. The Hall–Kier alpha value is -3.62. The highest BCUT2D eigenvalue weighted by molar-refractivity contribution is 5.89. The zero-order valence-corrected chi connectivity index (χ0v) is 16.4. The van der Waals surface area contributed by atoms with Crippen molar-refractivity contribution in [1.82, 2.24) is 19.7 Å². The van der Waals surface area contributed by atoms with Crippen molar-refractivity contribution >= 4 is 17.0 Å². The van der Waals surface area contributed by atoms with Crippen LogP contribution >= 0.6 is 0 Å². The molecule has 0 fully saturated rings. The van der Waals surface area contributed by atoms with Crippen LogP contribution in [0.3, 0.4) is 0 Å². The molecular formula is C21H18F2N4O3. The predicted octanol–water partition coefficient (Wildman–Crippen LogP) is 5.14. The first-order valence-corrected chi connectivity index (χ1v) is 9.23. The van der Waals surface area contributed by atoms with Crippen LogP contribution in [0.2, 0.25) is 0 Å². The Balaban J connectivity index is 1.76.